The lowest BCUT2D eigenvalue weighted by Crippen LogP contribution is -2.47. The number of benzene rings is 1. The maximum Gasteiger partial charge on any atom is 0.141 e. The predicted octanol–water partition coefficient (Wildman–Crippen LogP) is 2.26. The van der Waals surface area contributed by atoms with Gasteiger partial charge in [0.1, 0.15) is 12.1 Å². The lowest BCUT2D eigenvalue weighted by Gasteiger charge is -2.36. The van der Waals surface area contributed by atoms with Crippen LogP contribution in [0.1, 0.15) is 12.0 Å². The van der Waals surface area contributed by atoms with Crippen LogP contribution in [0.4, 0.5) is 0 Å². The Bertz CT molecular complexity index is 568. The second-order valence-electron chi connectivity index (χ2n) is 5.71. The van der Waals surface area contributed by atoms with E-state index in [0.717, 1.165) is 5.71 Å². The van der Waals surface area contributed by atoms with Crippen LogP contribution in [-0.4, -0.2) is 23.9 Å². The summed E-state index contributed by atoms with van der Waals surface area (Å²) in [7, 11) is 0. The van der Waals surface area contributed by atoms with Crippen LogP contribution >= 0.6 is 0 Å². The average molecular weight is 239 g/mol. The van der Waals surface area contributed by atoms with Crippen LogP contribution in [0.25, 0.3) is 0 Å². The van der Waals surface area contributed by atoms with Crippen LogP contribution in [0.5, 0.6) is 0 Å². The Morgan fingerprint density at radius 1 is 1.00 bits per heavy atom. The van der Waals surface area contributed by atoms with E-state index in [0.29, 0.717) is 29.8 Å². The molecule has 0 saturated heterocycles. The summed E-state index contributed by atoms with van der Waals surface area (Å²) in [6, 6.07) is 11.3. The second kappa shape index (κ2) is 2.99. The summed E-state index contributed by atoms with van der Waals surface area (Å²) in [4.78, 5) is 5.72. The van der Waals surface area contributed by atoms with Crippen molar-refractivity contribution < 1.29 is 4.84 Å². The highest BCUT2D eigenvalue weighted by Gasteiger charge is 2.65. The summed E-state index contributed by atoms with van der Waals surface area (Å²) >= 11 is 0. The molecule has 0 amide bonds. The van der Waals surface area contributed by atoms with Crippen molar-refractivity contribution in [3.8, 4) is 0 Å². The summed E-state index contributed by atoms with van der Waals surface area (Å²) in [5.74, 6) is 1.59. The quantitative estimate of drug-likeness (QED) is 0.741. The van der Waals surface area contributed by atoms with E-state index in [1.807, 2.05) is 6.07 Å². The molecule has 0 radical (unpaired) electrons. The van der Waals surface area contributed by atoms with Gasteiger partial charge in [0.05, 0.1) is 17.7 Å². The third-order valence-electron chi connectivity index (χ3n) is 5.00. The first kappa shape index (κ1) is 9.25. The Morgan fingerprint density at radius 3 is 2.56 bits per heavy atom. The standard InChI is InChI=1S/C14H13N3O/c1-2-4-7(5-3-1)11-10-8-6-9(14(10)18-17-11)13-12(8)15-16-13/h1-5,8-10,12-14H,6H2/t8-,9-,10?,12-,13+,14?/m0/s1. The van der Waals surface area contributed by atoms with Crippen molar-refractivity contribution in [3.63, 3.8) is 0 Å². The van der Waals surface area contributed by atoms with E-state index in [1.165, 1.54) is 12.0 Å². The summed E-state index contributed by atoms with van der Waals surface area (Å²) in [5, 5.41) is 12.9. The molecule has 4 heteroatoms. The molecule has 5 rings (SSSR count). The number of nitrogens with zero attached hydrogens (tertiary/aromatic N) is 3. The first-order valence-electron chi connectivity index (χ1n) is 6.62. The summed E-state index contributed by atoms with van der Waals surface area (Å²) in [5.41, 5.74) is 2.33. The number of hydrogen-bond acceptors (Lipinski definition) is 4. The van der Waals surface area contributed by atoms with Crippen molar-refractivity contribution in [2.75, 3.05) is 0 Å². The number of fused-ring (bicyclic) bond motifs is 8. The van der Waals surface area contributed by atoms with Gasteiger partial charge in [-0.05, 0) is 17.9 Å². The molecule has 2 fully saturated rings. The molecule has 4 nitrogen and oxygen atoms in total. The molecule has 2 aliphatic heterocycles. The minimum Gasteiger partial charge on any atom is -0.391 e. The van der Waals surface area contributed by atoms with E-state index in [9.17, 15) is 0 Å². The van der Waals surface area contributed by atoms with E-state index < -0.39 is 0 Å². The molecule has 1 aromatic rings. The zero-order valence-electron chi connectivity index (χ0n) is 9.81. The molecule has 18 heavy (non-hydrogen) atoms. The van der Waals surface area contributed by atoms with E-state index in [4.69, 9.17) is 4.84 Å². The molecule has 90 valence electrons. The molecule has 0 N–H and O–H groups in total. The molecule has 0 spiro atoms. The van der Waals surface area contributed by atoms with Gasteiger partial charge in [0.15, 0.2) is 0 Å². The maximum atomic E-state index is 5.72. The van der Waals surface area contributed by atoms with Gasteiger partial charge in [0.2, 0.25) is 0 Å². The van der Waals surface area contributed by atoms with Gasteiger partial charge in [0.25, 0.3) is 0 Å². The van der Waals surface area contributed by atoms with Crippen molar-refractivity contribution >= 4 is 5.71 Å². The molecule has 2 aliphatic carbocycles. The van der Waals surface area contributed by atoms with E-state index in [1.54, 1.807) is 0 Å². The normalized spacial score (nSPS) is 46.1. The van der Waals surface area contributed by atoms with Gasteiger partial charge in [-0.2, -0.15) is 10.2 Å². The number of hydrogen-bond donors (Lipinski definition) is 0. The Kier molecular flexibility index (Phi) is 1.54. The van der Waals surface area contributed by atoms with Gasteiger partial charge in [0, 0.05) is 5.92 Å². The monoisotopic (exact) mass is 239 g/mol. The fourth-order valence-electron chi connectivity index (χ4n) is 4.22. The Morgan fingerprint density at radius 2 is 1.78 bits per heavy atom. The topological polar surface area (TPSA) is 46.3 Å². The second-order valence-corrected chi connectivity index (χ2v) is 5.71. The Hall–Kier alpha value is -1.71. The van der Waals surface area contributed by atoms with Crippen molar-refractivity contribution in [3.05, 3.63) is 35.9 Å². The number of azo groups is 1. The Labute approximate surface area is 105 Å². The zero-order valence-corrected chi connectivity index (χ0v) is 9.81. The van der Waals surface area contributed by atoms with Gasteiger partial charge in [-0.15, -0.1) is 0 Å². The van der Waals surface area contributed by atoms with Crippen LogP contribution < -0.4 is 0 Å². The number of rotatable bonds is 1. The molecule has 6 atom stereocenters. The molecule has 2 bridgehead atoms. The molecular formula is C14H13N3O. The van der Waals surface area contributed by atoms with E-state index >= 15 is 0 Å². The van der Waals surface area contributed by atoms with Crippen LogP contribution in [0, 0.1) is 17.8 Å². The smallest absolute Gasteiger partial charge is 0.141 e. The fourth-order valence-corrected chi connectivity index (χ4v) is 4.22. The third-order valence-corrected chi connectivity index (χ3v) is 5.00. The minimum atomic E-state index is 0.255. The van der Waals surface area contributed by atoms with Crippen molar-refractivity contribution in [2.24, 2.45) is 33.1 Å². The minimum absolute atomic E-state index is 0.255. The van der Waals surface area contributed by atoms with Gasteiger partial charge in [-0.1, -0.05) is 35.5 Å². The predicted molar refractivity (Wildman–Crippen MR) is 65.4 cm³/mol. The summed E-state index contributed by atoms with van der Waals surface area (Å²) < 4.78 is 0. The number of oxime groups is 1. The third kappa shape index (κ3) is 0.923. The first-order chi connectivity index (χ1) is 8.93. The lowest BCUT2D eigenvalue weighted by molar-refractivity contribution is 0.00785. The molecule has 1 aromatic carbocycles. The van der Waals surface area contributed by atoms with Gasteiger partial charge >= 0.3 is 0 Å². The highest BCUT2D eigenvalue weighted by atomic mass is 16.6. The van der Waals surface area contributed by atoms with E-state index in [-0.39, 0.29) is 6.10 Å². The van der Waals surface area contributed by atoms with E-state index in [2.05, 4.69) is 39.6 Å². The first-order valence-corrected chi connectivity index (χ1v) is 6.62. The SMILES string of the molecule is c1ccc(C2=NOC3C2[C@@H]2C[C@H]3[C@H]3N=N[C@H]32)cc1. The average Bonchev–Trinajstić information content (AvgIpc) is 2.98. The zero-order chi connectivity index (χ0) is 11.7. The van der Waals surface area contributed by atoms with Crippen LogP contribution in [0.3, 0.4) is 0 Å². The Balaban J connectivity index is 1.56. The summed E-state index contributed by atoms with van der Waals surface area (Å²) in [6.07, 6.45) is 1.47. The molecule has 2 unspecified atom stereocenters. The molecule has 4 aliphatic rings. The van der Waals surface area contributed by atoms with Crippen LogP contribution in [-0.2, 0) is 4.84 Å². The van der Waals surface area contributed by atoms with Crippen LogP contribution in [0.15, 0.2) is 45.7 Å². The van der Waals surface area contributed by atoms with Crippen molar-refractivity contribution in [1.82, 2.24) is 0 Å². The fraction of sp³-hybridized carbons (Fsp3) is 0.500. The highest BCUT2D eigenvalue weighted by molar-refractivity contribution is 6.03. The van der Waals surface area contributed by atoms with Crippen LogP contribution in [0.2, 0.25) is 0 Å². The lowest BCUT2D eigenvalue weighted by atomic mass is 9.76. The summed E-state index contributed by atoms with van der Waals surface area (Å²) in [6.45, 7) is 0. The van der Waals surface area contributed by atoms with Gasteiger partial charge < -0.3 is 4.84 Å². The van der Waals surface area contributed by atoms with Gasteiger partial charge in [-0.3, -0.25) is 0 Å². The molecule has 2 saturated carbocycles. The van der Waals surface area contributed by atoms with Crippen molar-refractivity contribution in [2.45, 2.75) is 24.6 Å². The maximum absolute atomic E-state index is 5.72. The van der Waals surface area contributed by atoms with Crippen molar-refractivity contribution in [1.29, 1.82) is 0 Å². The molecule has 0 aromatic heterocycles. The van der Waals surface area contributed by atoms with Gasteiger partial charge in [-0.25, -0.2) is 0 Å². The molecule has 2 heterocycles. The largest absolute Gasteiger partial charge is 0.391 e. The highest BCUT2D eigenvalue weighted by Crippen LogP contribution is 2.58. The molecular weight excluding hydrogens is 226 g/mol.